The molecule has 1 aliphatic rings. The zero-order chi connectivity index (χ0) is 17.7. The maximum atomic E-state index is 12.4. The molecule has 0 fully saturated rings. The van der Waals surface area contributed by atoms with Gasteiger partial charge in [-0.1, -0.05) is 32.0 Å². The molecule has 0 unspecified atom stereocenters. The summed E-state index contributed by atoms with van der Waals surface area (Å²) < 4.78 is 0. The van der Waals surface area contributed by atoms with E-state index >= 15 is 0 Å². The van der Waals surface area contributed by atoms with Crippen LogP contribution in [0.4, 0.5) is 5.69 Å². The van der Waals surface area contributed by atoms with Gasteiger partial charge in [-0.3, -0.25) is 14.6 Å². The maximum Gasteiger partial charge on any atom is 0.267 e. The zero-order valence-corrected chi connectivity index (χ0v) is 14.5. The Bertz CT molecular complexity index is 613. The number of carbonyl (C=O) groups excluding carboxylic acids is 2. The fourth-order valence-corrected chi connectivity index (χ4v) is 2.65. The van der Waals surface area contributed by atoms with Crippen molar-refractivity contribution in [2.24, 2.45) is 16.8 Å². The molecule has 0 saturated carbocycles. The minimum absolute atomic E-state index is 0.0698. The van der Waals surface area contributed by atoms with Crippen molar-refractivity contribution in [2.75, 3.05) is 5.01 Å². The molecule has 0 saturated heterocycles. The van der Waals surface area contributed by atoms with E-state index in [0.717, 1.165) is 18.5 Å². The van der Waals surface area contributed by atoms with Crippen LogP contribution in [0.5, 0.6) is 0 Å². The van der Waals surface area contributed by atoms with Crippen LogP contribution >= 0.6 is 0 Å². The first kappa shape index (κ1) is 18.0. The predicted molar refractivity (Wildman–Crippen MR) is 95.6 cm³/mol. The lowest BCUT2D eigenvalue weighted by atomic mass is 10.0. The van der Waals surface area contributed by atoms with E-state index in [9.17, 15) is 9.59 Å². The summed E-state index contributed by atoms with van der Waals surface area (Å²) in [6.45, 7) is 6.30. The molecule has 2 amide bonds. The quantitative estimate of drug-likeness (QED) is 0.802. The van der Waals surface area contributed by atoms with Crippen molar-refractivity contribution in [2.45, 2.75) is 52.1 Å². The average molecular weight is 330 g/mol. The Labute approximate surface area is 143 Å². The van der Waals surface area contributed by atoms with Gasteiger partial charge in [0.25, 0.3) is 5.91 Å². The first-order valence-corrected chi connectivity index (χ1v) is 8.40. The van der Waals surface area contributed by atoms with Crippen LogP contribution in [0.25, 0.3) is 0 Å². The van der Waals surface area contributed by atoms with Gasteiger partial charge < -0.3 is 11.1 Å². The van der Waals surface area contributed by atoms with Crippen molar-refractivity contribution in [1.82, 2.24) is 5.32 Å². The van der Waals surface area contributed by atoms with Crippen molar-refractivity contribution in [1.29, 1.82) is 0 Å². The summed E-state index contributed by atoms with van der Waals surface area (Å²) in [5.41, 5.74) is 6.58. The third-order valence-electron chi connectivity index (χ3n) is 4.08. The number of hydrazone groups is 1. The van der Waals surface area contributed by atoms with Crippen LogP contribution in [0.1, 0.15) is 40.0 Å². The molecule has 2 atom stereocenters. The monoisotopic (exact) mass is 330 g/mol. The summed E-state index contributed by atoms with van der Waals surface area (Å²) in [7, 11) is 0. The Morgan fingerprint density at radius 3 is 2.50 bits per heavy atom. The molecule has 130 valence electrons. The highest BCUT2D eigenvalue weighted by atomic mass is 16.2. The number of nitrogens with one attached hydrogen (secondary N) is 1. The van der Waals surface area contributed by atoms with E-state index in [1.165, 1.54) is 5.01 Å². The van der Waals surface area contributed by atoms with Gasteiger partial charge in [0.05, 0.1) is 5.69 Å². The summed E-state index contributed by atoms with van der Waals surface area (Å²) in [6.07, 6.45) is 2.19. The second-order valence-electron chi connectivity index (χ2n) is 6.69. The second kappa shape index (κ2) is 7.95. The molecule has 24 heavy (non-hydrogen) atoms. The Morgan fingerprint density at radius 1 is 1.25 bits per heavy atom. The fraction of sp³-hybridized carbons (Fsp3) is 0.500. The van der Waals surface area contributed by atoms with Crippen molar-refractivity contribution in [3.05, 3.63) is 30.3 Å². The number of amides is 2. The number of anilines is 1. The van der Waals surface area contributed by atoms with Crippen LogP contribution in [0.3, 0.4) is 0 Å². The lowest BCUT2D eigenvalue weighted by molar-refractivity contribution is -0.119. The van der Waals surface area contributed by atoms with E-state index in [2.05, 4.69) is 24.3 Å². The van der Waals surface area contributed by atoms with Gasteiger partial charge in [0.1, 0.15) is 11.8 Å². The Morgan fingerprint density at radius 2 is 1.92 bits per heavy atom. The van der Waals surface area contributed by atoms with Gasteiger partial charge in [0.2, 0.25) is 5.91 Å². The topological polar surface area (TPSA) is 87.8 Å². The minimum Gasteiger partial charge on any atom is -0.368 e. The lowest BCUT2D eigenvalue weighted by Crippen LogP contribution is -2.40. The molecule has 1 aliphatic heterocycles. The molecule has 0 radical (unpaired) electrons. The van der Waals surface area contributed by atoms with Crippen molar-refractivity contribution in [3.8, 4) is 0 Å². The second-order valence-corrected chi connectivity index (χ2v) is 6.69. The molecular formula is C18H26N4O2. The molecule has 1 aromatic rings. The lowest BCUT2D eigenvalue weighted by Gasteiger charge is -2.20. The zero-order valence-electron chi connectivity index (χ0n) is 14.5. The van der Waals surface area contributed by atoms with Gasteiger partial charge in [-0.25, -0.2) is 0 Å². The molecule has 0 aliphatic carbocycles. The molecule has 3 N–H and O–H groups in total. The van der Waals surface area contributed by atoms with Crippen molar-refractivity contribution in [3.63, 3.8) is 0 Å². The van der Waals surface area contributed by atoms with Crippen LogP contribution in [0.2, 0.25) is 0 Å². The standard InChI is InChI=1S/C18H26N4O2/c1-12(2)9-10-13(3)20-18(24)15-11-16(17(19)23)22(21-15)14-7-5-4-6-8-14/h4-8,12-13,16H,9-11H2,1-3H3,(H2,19,23)(H,20,24)/t13-,16-/m0/s1. The van der Waals surface area contributed by atoms with E-state index in [0.29, 0.717) is 11.6 Å². The van der Waals surface area contributed by atoms with Gasteiger partial charge in [-0.05, 0) is 37.8 Å². The third-order valence-corrected chi connectivity index (χ3v) is 4.08. The van der Waals surface area contributed by atoms with Crippen LogP contribution in [0, 0.1) is 5.92 Å². The van der Waals surface area contributed by atoms with Crippen LogP contribution < -0.4 is 16.1 Å². The number of carbonyl (C=O) groups is 2. The molecule has 6 nitrogen and oxygen atoms in total. The van der Waals surface area contributed by atoms with E-state index in [4.69, 9.17) is 5.73 Å². The Kier molecular flexibility index (Phi) is 5.95. The number of hydrogen-bond donors (Lipinski definition) is 2. The number of nitrogens with two attached hydrogens (primary N) is 1. The normalized spacial score (nSPS) is 18.4. The number of rotatable bonds is 7. The highest BCUT2D eigenvalue weighted by Gasteiger charge is 2.35. The number of para-hydroxylation sites is 1. The first-order valence-electron chi connectivity index (χ1n) is 8.40. The minimum atomic E-state index is -0.626. The van der Waals surface area contributed by atoms with Gasteiger partial charge in [-0.15, -0.1) is 0 Å². The first-order chi connectivity index (χ1) is 11.4. The smallest absolute Gasteiger partial charge is 0.267 e. The fourth-order valence-electron chi connectivity index (χ4n) is 2.65. The van der Waals surface area contributed by atoms with Crippen LogP contribution in [-0.4, -0.2) is 29.6 Å². The number of nitrogens with zero attached hydrogens (tertiary/aromatic N) is 2. The third kappa shape index (κ3) is 4.57. The SMILES string of the molecule is CC(C)CC[C@H](C)NC(=O)C1=NN(c2ccccc2)[C@H](C(N)=O)C1. The molecule has 0 aromatic heterocycles. The number of benzene rings is 1. The van der Waals surface area contributed by atoms with Gasteiger partial charge in [0, 0.05) is 12.5 Å². The van der Waals surface area contributed by atoms with Gasteiger partial charge >= 0.3 is 0 Å². The van der Waals surface area contributed by atoms with E-state index in [-0.39, 0.29) is 18.4 Å². The average Bonchev–Trinajstić information content (AvgIpc) is 2.99. The molecule has 0 bridgehead atoms. The van der Waals surface area contributed by atoms with E-state index < -0.39 is 11.9 Å². The molecule has 0 spiro atoms. The molecular weight excluding hydrogens is 304 g/mol. The number of hydrogen-bond acceptors (Lipinski definition) is 4. The summed E-state index contributed by atoms with van der Waals surface area (Å²) >= 11 is 0. The summed E-state index contributed by atoms with van der Waals surface area (Å²) in [5.74, 6) is -0.116. The Balaban J connectivity index is 2.07. The van der Waals surface area contributed by atoms with Crippen LogP contribution in [-0.2, 0) is 9.59 Å². The summed E-state index contributed by atoms with van der Waals surface area (Å²) in [4.78, 5) is 24.2. The Hall–Kier alpha value is -2.37. The summed E-state index contributed by atoms with van der Waals surface area (Å²) in [6, 6.07) is 8.72. The maximum absolute atomic E-state index is 12.4. The van der Waals surface area contributed by atoms with E-state index in [1.54, 1.807) is 0 Å². The highest BCUT2D eigenvalue weighted by Crippen LogP contribution is 2.24. The molecule has 2 rings (SSSR count). The number of primary amides is 1. The largest absolute Gasteiger partial charge is 0.368 e. The predicted octanol–water partition coefficient (Wildman–Crippen LogP) is 2.05. The highest BCUT2D eigenvalue weighted by molar-refractivity contribution is 6.40. The van der Waals surface area contributed by atoms with Crippen molar-refractivity contribution < 1.29 is 9.59 Å². The van der Waals surface area contributed by atoms with Gasteiger partial charge in [-0.2, -0.15) is 5.10 Å². The molecule has 1 heterocycles. The van der Waals surface area contributed by atoms with E-state index in [1.807, 2.05) is 37.3 Å². The summed E-state index contributed by atoms with van der Waals surface area (Å²) in [5, 5.41) is 8.84. The molecule has 1 aromatic carbocycles. The molecule has 6 heteroatoms. The van der Waals surface area contributed by atoms with Crippen molar-refractivity contribution >= 4 is 23.2 Å². The van der Waals surface area contributed by atoms with Gasteiger partial charge in [0.15, 0.2) is 0 Å². The van der Waals surface area contributed by atoms with Crippen LogP contribution in [0.15, 0.2) is 35.4 Å².